The number of hydrogen-bond donors (Lipinski definition) is 3. The molecule has 4 heterocycles. The van der Waals surface area contributed by atoms with Crippen LogP contribution in [0.25, 0.3) is 0 Å². The fourth-order valence-electron chi connectivity index (χ4n) is 3.84. The monoisotopic (exact) mass is 579 g/mol. The van der Waals surface area contributed by atoms with Crippen LogP contribution in [-0.4, -0.2) is 70.5 Å². The number of aliphatic carboxylic acids is 1. The number of carboxylic acids is 1. The van der Waals surface area contributed by atoms with Gasteiger partial charge in [-0.25, -0.2) is 4.98 Å². The first kappa shape index (κ1) is 27.0. The minimum absolute atomic E-state index is 0.0469. The number of nitrogens with zero attached hydrogens (tertiary/aromatic N) is 4. The third-order valence-electron chi connectivity index (χ3n) is 5.37. The number of aromatic nitrogens is 2. The van der Waals surface area contributed by atoms with Crippen LogP contribution in [0.5, 0.6) is 0 Å². The highest BCUT2D eigenvalue weighted by molar-refractivity contribution is 8.00. The molecule has 38 heavy (non-hydrogen) atoms. The highest BCUT2D eigenvalue weighted by atomic mass is 35.5. The van der Waals surface area contributed by atoms with Crippen LogP contribution >= 0.6 is 34.7 Å². The van der Waals surface area contributed by atoms with Gasteiger partial charge in [0.25, 0.3) is 11.8 Å². The number of thiazole rings is 1. The molecule has 4 amide bonds. The molecule has 0 spiro atoms. The summed E-state index contributed by atoms with van der Waals surface area (Å²) in [6.45, 7) is 0.127. The zero-order valence-corrected chi connectivity index (χ0v) is 21.8. The van der Waals surface area contributed by atoms with Gasteiger partial charge in [-0.2, -0.15) is 4.57 Å². The molecule has 0 aromatic carbocycles. The predicted molar refractivity (Wildman–Crippen MR) is 134 cm³/mol. The number of rotatable bonds is 11. The molecule has 3 N–H and O–H groups in total. The summed E-state index contributed by atoms with van der Waals surface area (Å²) in [5.74, 6) is -2.79. The summed E-state index contributed by atoms with van der Waals surface area (Å²) in [4.78, 5) is 69.4. The maximum atomic E-state index is 13.0. The van der Waals surface area contributed by atoms with Gasteiger partial charge in [-0.1, -0.05) is 28.1 Å². The van der Waals surface area contributed by atoms with Crippen LogP contribution in [0.15, 0.2) is 41.0 Å². The summed E-state index contributed by atoms with van der Waals surface area (Å²) in [5, 5.41) is 22.5. The molecule has 2 aromatic rings. The molecule has 1 fully saturated rings. The van der Waals surface area contributed by atoms with Gasteiger partial charge < -0.3 is 30.7 Å². The van der Waals surface area contributed by atoms with Crippen LogP contribution in [0.3, 0.4) is 0 Å². The van der Waals surface area contributed by atoms with E-state index in [-0.39, 0.29) is 38.9 Å². The van der Waals surface area contributed by atoms with Crippen LogP contribution in [0.2, 0.25) is 4.34 Å². The number of nitrogens with one attached hydrogen (secondary N) is 3. The minimum atomic E-state index is -1.53. The van der Waals surface area contributed by atoms with Gasteiger partial charge in [0.2, 0.25) is 12.8 Å². The van der Waals surface area contributed by atoms with Crippen molar-refractivity contribution in [3.05, 3.63) is 45.8 Å². The standard InChI is InChI=1S/C21H18ClN7O7S2/c1-36-27-13(12-16(22)38-21(26-12)24-9-31)17(32)25-14-18(33)29-15(20(34)35)10(7-37-19(14)29)5-28-4-2-3-11(6-28)23-8-30/h2-4,6,8-9,14,19H,5,7H2,1H3,(H3-,23,24,25,26,30,31,32,34,35)/t14?,19-/m1/s1. The zero-order valence-electron chi connectivity index (χ0n) is 19.4. The number of hydrogen-bond acceptors (Lipinski definition) is 11. The highest BCUT2D eigenvalue weighted by Crippen LogP contribution is 2.40. The van der Waals surface area contributed by atoms with Crippen molar-refractivity contribution in [1.29, 1.82) is 0 Å². The summed E-state index contributed by atoms with van der Waals surface area (Å²) < 4.78 is 1.71. The number of pyridine rings is 1. The van der Waals surface area contributed by atoms with Gasteiger partial charge in [-0.15, -0.1) is 11.8 Å². The Labute approximate surface area is 227 Å². The number of carbonyl (C=O) groups is 5. The van der Waals surface area contributed by atoms with E-state index in [0.29, 0.717) is 24.1 Å². The van der Waals surface area contributed by atoms with Crippen molar-refractivity contribution in [2.45, 2.75) is 18.0 Å². The molecule has 0 bridgehead atoms. The van der Waals surface area contributed by atoms with E-state index in [1.807, 2.05) is 0 Å². The molecular weight excluding hydrogens is 562 g/mol. The van der Waals surface area contributed by atoms with Crippen molar-refractivity contribution in [3.63, 3.8) is 0 Å². The lowest BCUT2D eigenvalue weighted by Crippen LogP contribution is -2.71. The maximum absolute atomic E-state index is 13.0. The Bertz CT molecular complexity index is 1380. The van der Waals surface area contributed by atoms with Crippen molar-refractivity contribution in [2.75, 3.05) is 23.5 Å². The smallest absolute Gasteiger partial charge is 0.276 e. The SMILES string of the molecule is CON=C(C(=O)NC1C(=O)N2C(C(=O)[O-])=C(C[n+]3cccc(NC=O)c3)CS[C@H]12)c1nc(NC=O)sc1Cl. The topological polar surface area (TPSA) is 186 Å². The lowest BCUT2D eigenvalue weighted by atomic mass is 10.0. The molecule has 0 saturated carbocycles. The van der Waals surface area contributed by atoms with Gasteiger partial charge in [-0.05, 0) is 6.07 Å². The number of carboxylic acid groups (broad SMARTS) is 1. The second-order valence-electron chi connectivity index (χ2n) is 7.65. The number of thioether (sulfide) groups is 1. The third kappa shape index (κ3) is 5.32. The molecule has 2 aliphatic rings. The summed E-state index contributed by atoms with van der Waals surface area (Å²) >= 11 is 8.30. The Morgan fingerprint density at radius 3 is 2.82 bits per heavy atom. The molecule has 17 heteroatoms. The second kappa shape index (κ2) is 11.6. The first-order chi connectivity index (χ1) is 18.3. The van der Waals surface area contributed by atoms with E-state index in [0.717, 1.165) is 16.2 Å². The van der Waals surface area contributed by atoms with Crippen LogP contribution < -0.4 is 25.6 Å². The minimum Gasteiger partial charge on any atom is -0.543 e. The Balaban J connectivity index is 1.53. The molecular formula is C21H18ClN7O7S2. The molecule has 198 valence electrons. The maximum Gasteiger partial charge on any atom is 0.276 e. The Hall–Kier alpha value is -4.02. The Kier molecular flexibility index (Phi) is 8.23. The predicted octanol–water partition coefficient (Wildman–Crippen LogP) is -1.32. The first-order valence-corrected chi connectivity index (χ1v) is 12.9. The van der Waals surface area contributed by atoms with Gasteiger partial charge in [0.15, 0.2) is 29.8 Å². The van der Waals surface area contributed by atoms with E-state index in [9.17, 15) is 29.1 Å². The molecule has 4 rings (SSSR count). The van der Waals surface area contributed by atoms with Gasteiger partial charge in [0.05, 0.1) is 11.7 Å². The quantitative estimate of drug-likeness (QED) is 0.0953. The zero-order chi connectivity index (χ0) is 27.4. The normalized spacial score (nSPS) is 18.7. The Morgan fingerprint density at radius 1 is 1.37 bits per heavy atom. The van der Waals surface area contributed by atoms with E-state index in [2.05, 4.69) is 26.1 Å². The molecule has 2 aromatic heterocycles. The Morgan fingerprint density at radius 2 is 2.13 bits per heavy atom. The van der Waals surface area contributed by atoms with Gasteiger partial charge in [0, 0.05) is 17.4 Å². The summed E-state index contributed by atoms with van der Waals surface area (Å²) in [6.07, 6.45) is 4.21. The number of anilines is 2. The van der Waals surface area contributed by atoms with Gasteiger partial charge in [-0.3, -0.25) is 24.1 Å². The van der Waals surface area contributed by atoms with Gasteiger partial charge >= 0.3 is 0 Å². The number of carbonyl (C=O) groups excluding carboxylic acids is 5. The van der Waals surface area contributed by atoms with Crippen molar-refractivity contribution in [1.82, 2.24) is 15.2 Å². The molecule has 14 nitrogen and oxygen atoms in total. The van der Waals surface area contributed by atoms with E-state index in [4.69, 9.17) is 16.4 Å². The lowest BCUT2D eigenvalue weighted by Gasteiger charge is -2.50. The average Bonchev–Trinajstić information content (AvgIpc) is 3.25. The molecule has 1 saturated heterocycles. The fraction of sp³-hybridized carbons (Fsp3) is 0.238. The van der Waals surface area contributed by atoms with Crippen molar-refractivity contribution >= 4 is 81.8 Å². The van der Waals surface area contributed by atoms with E-state index in [1.165, 1.54) is 18.9 Å². The van der Waals surface area contributed by atoms with E-state index < -0.39 is 29.2 Å². The largest absolute Gasteiger partial charge is 0.543 e. The highest BCUT2D eigenvalue weighted by Gasteiger charge is 2.53. The number of amides is 4. The van der Waals surface area contributed by atoms with Crippen molar-refractivity contribution in [3.8, 4) is 0 Å². The molecule has 1 unspecified atom stereocenters. The fourth-order valence-corrected chi connectivity index (χ4v) is 6.18. The molecule has 2 aliphatic heterocycles. The number of oxime groups is 1. The summed E-state index contributed by atoms with van der Waals surface area (Å²) in [6, 6.07) is 2.27. The third-order valence-corrected chi connectivity index (χ3v) is 7.90. The second-order valence-corrected chi connectivity index (χ2v) is 10.4. The van der Waals surface area contributed by atoms with Crippen LogP contribution in [0.4, 0.5) is 10.8 Å². The van der Waals surface area contributed by atoms with Crippen LogP contribution in [-0.2, 0) is 35.4 Å². The summed E-state index contributed by atoms with van der Waals surface area (Å²) in [7, 11) is 1.20. The number of fused-ring (bicyclic) bond motifs is 1. The average molecular weight is 580 g/mol. The lowest BCUT2D eigenvalue weighted by molar-refractivity contribution is -0.688. The molecule has 0 aliphatic carbocycles. The van der Waals surface area contributed by atoms with Crippen molar-refractivity contribution < 1.29 is 38.5 Å². The molecule has 0 radical (unpaired) electrons. The number of halogens is 1. The summed E-state index contributed by atoms with van der Waals surface area (Å²) in [5.41, 5.74) is 0.245. The van der Waals surface area contributed by atoms with Crippen LogP contribution in [0.1, 0.15) is 5.69 Å². The van der Waals surface area contributed by atoms with Gasteiger partial charge in [0.1, 0.15) is 34.2 Å². The number of β-lactam (4-membered cyclic amide) rings is 1. The van der Waals surface area contributed by atoms with Crippen LogP contribution in [0, 0.1) is 0 Å². The van der Waals surface area contributed by atoms with E-state index in [1.54, 1.807) is 29.1 Å². The van der Waals surface area contributed by atoms with Crippen molar-refractivity contribution in [2.24, 2.45) is 5.16 Å². The first-order valence-electron chi connectivity index (χ1n) is 10.6. The van der Waals surface area contributed by atoms with E-state index >= 15 is 0 Å². The molecule has 2 atom stereocenters.